The first kappa shape index (κ1) is 21.2. The van der Waals surface area contributed by atoms with Gasteiger partial charge in [-0.3, -0.25) is 0 Å². The lowest BCUT2D eigenvalue weighted by Gasteiger charge is -2.19. The summed E-state index contributed by atoms with van der Waals surface area (Å²) in [6, 6.07) is 9.65. The number of aromatic nitrogens is 2. The maximum atomic E-state index is 13.2. The van der Waals surface area contributed by atoms with Gasteiger partial charge in [0.1, 0.15) is 18.0 Å². The van der Waals surface area contributed by atoms with Crippen LogP contribution in [0, 0.1) is 11.3 Å². The Morgan fingerprint density at radius 1 is 1.17 bits per heavy atom. The van der Waals surface area contributed by atoms with Gasteiger partial charge in [0.2, 0.25) is 0 Å². The van der Waals surface area contributed by atoms with Gasteiger partial charge in [-0.25, -0.2) is 4.79 Å². The van der Waals surface area contributed by atoms with E-state index in [4.69, 9.17) is 14.7 Å². The standard InChI is InChI=1S/C21H18F3N3O3/c1-20(2,3)30-19(28)27-17-7-5-14(8-15(17)11-26-27)12-29-18-9-13(10-25)4-6-16(18)21(22,23)24/h4-9,11H,12H2,1-3H3. The fourth-order valence-electron chi connectivity index (χ4n) is 2.73. The average Bonchev–Trinajstić information content (AvgIpc) is 3.07. The van der Waals surface area contributed by atoms with Gasteiger partial charge < -0.3 is 9.47 Å². The highest BCUT2D eigenvalue weighted by molar-refractivity contribution is 5.88. The molecule has 0 saturated heterocycles. The van der Waals surface area contributed by atoms with Gasteiger partial charge in [0, 0.05) is 5.39 Å². The van der Waals surface area contributed by atoms with Crippen LogP contribution in [0.1, 0.15) is 37.5 Å². The van der Waals surface area contributed by atoms with Crippen molar-refractivity contribution in [1.82, 2.24) is 9.78 Å². The number of halogens is 3. The molecule has 156 valence electrons. The Morgan fingerprint density at radius 2 is 1.90 bits per heavy atom. The summed E-state index contributed by atoms with van der Waals surface area (Å²) >= 11 is 0. The number of alkyl halides is 3. The monoisotopic (exact) mass is 417 g/mol. The van der Waals surface area contributed by atoms with Crippen LogP contribution in [0.15, 0.2) is 42.6 Å². The van der Waals surface area contributed by atoms with Crippen LogP contribution in [0.5, 0.6) is 5.75 Å². The van der Waals surface area contributed by atoms with E-state index in [2.05, 4.69) is 5.10 Å². The number of fused-ring (bicyclic) bond motifs is 1. The zero-order valence-electron chi connectivity index (χ0n) is 16.4. The second-order valence-electron chi connectivity index (χ2n) is 7.54. The Hall–Kier alpha value is -3.54. The van der Waals surface area contributed by atoms with E-state index in [1.165, 1.54) is 6.20 Å². The SMILES string of the molecule is CC(C)(C)OC(=O)n1ncc2cc(COc3cc(C#N)ccc3C(F)(F)F)ccc21. The van der Waals surface area contributed by atoms with Crippen molar-refractivity contribution in [1.29, 1.82) is 5.26 Å². The minimum absolute atomic E-state index is 0.0621. The van der Waals surface area contributed by atoms with Crippen molar-refractivity contribution in [3.05, 3.63) is 59.3 Å². The number of rotatable bonds is 3. The topological polar surface area (TPSA) is 77.1 Å². The number of carbonyl (C=O) groups is 1. The summed E-state index contributed by atoms with van der Waals surface area (Å²) in [5.41, 5.74) is -0.512. The molecule has 3 rings (SSSR count). The van der Waals surface area contributed by atoms with Crippen LogP contribution in [0.3, 0.4) is 0 Å². The fourth-order valence-corrected chi connectivity index (χ4v) is 2.73. The smallest absolute Gasteiger partial charge is 0.435 e. The highest BCUT2D eigenvalue weighted by Gasteiger charge is 2.34. The van der Waals surface area contributed by atoms with Crippen molar-refractivity contribution in [2.75, 3.05) is 0 Å². The van der Waals surface area contributed by atoms with E-state index in [9.17, 15) is 18.0 Å². The normalized spacial score (nSPS) is 11.9. The van der Waals surface area contributed by atoms with Crippen molar-refractivity contribution < 1.29 is 27.4 Å². The molecule has 0 amide bonds. The summed E-state index contributed by atoms with van der Waals surface area (Å²) in [6.45, 7) is 5.05. The van der Waals surface area contributed by atoms with Crippen LogP contribution in [-0.4, -0.2) is 21.5 Å². The minimum atomic E-state index is -4.61. The molecule has 1 aromatic heterocycles. The molecule has 0 aliphatic heterocycles. The van der Waals surface area contributed by atoms with Gasteiger partial charge in [-0.15, -0.1) is 0 Å². The molecule has 0 radical (unpaired) electrons. The van der Waals surface area contributed by atoms with Crippen molar-refractivity contribution in [2.45, 2.75) is 39.2 Å². The lowest BCUT2D eigenvalue weighted by Crippen LogP contribution is -2.27. The first-order chi connectivity index (χ1) is 14.0. The van der Waals surface area contributed by atoms with Crippen LogP contribution < -0.4 is 4.74 Å². The molecule has 6 nitrogen and oxygen atoms in total. The van der Waals surface area contributed by atoms with Crippen molar-refractivity contribution in [2.24, 2.45) is 0 Å². The van der Waals surface area contributed by atoms with Crippen LogP contribution in [0.2, 0.25) is 0 Å². The Bertz CT molecular complexity index is 1140. The zero-order chi connectivity index (χ0) is 22.1. The van der Waals surface area contributed by atoms with E-state index in [0.29, 0.717) is 16.5 Å². The van der Waals surface area contributed by atoms with Gasteiger partial charge in [-0.1, -0.05) is 6.07 Å². The number of nitriles is 1. The Morgan fingerprint density at radius 3 is 2.53 bits per heavy atom. The van der Waals surface area contributed by atoms with E-state index in [0.717, 1.165) is 22.9 Å². The quantitative estimate of drug-likeness (QED) is 0.579. The second kappa shape index (κ2) is 7.71. The summed E-state index contributed by atoms with van der Waals surface area (Å²) in [6.07, 6.45) is -3.79. The maximum Gasteiger partial charge on any atom is 0.435 e. The number of benzene rings is 2. The lowest BCUT2D eigenvalue weighted by molar-refractivity contribution is -0.139. The number of ether oxygens (including phenoxy) is 2. The molecule has 0 aliphatic rings. The molecule has 0 aliphatic carbocycles. The molecule has 0 spiro atoms. The third-order valence-corrected chi connectivity index (χ3v) is 4.01. The molecule has 1 heterocycles. The van der Waals surface area contributed by atoms with E-state index in [-0.39, 0.29) is 12.2 Å². The molecule has 0 N–H and O–H groups in total. The van der Waals surface area contributed by atoms with Gasteiger partial charge in [-0.2, -0.15) is 28.2 Å². The van der Waals surface area contributed by atoms with Crippen molar-refractivity contribution in [3.63, 3.8) is 0 Å². The molecule has 3 aromatic rings. The molecule has 0 bridgehead atoms. The van der Waals surface area contributed by atoms with E-state index in [1.807, 2.05) is 0 Å². The number of carbonyl (C=O) groups excluding carboxylic acids is 1. The van der Waals surface area contributed by atoms with Gasteiger partial charge in [-0.05, 0) is 56.7 Å². The van der Waals surface area contributed by atoms with Crippen LogP contribution >= 0.6 is 0 Å². The van der Waals surface area contributed by atoms with Gasteiger partial charge in [0.25, 0.3) is 0 Å². The predicted molar refractivity (Wildman–Crippen MR) is 102 cm³/mol. The Labute approximate surface area is 170 Å². The average molecular weight is 417 g/mol. The third-order valence-electron chi connectivity index (χ3n) is 4.01. The minimum Gasteiger partial charge on any atom is -0.488 e. The van der Waals surface area contributed by atoms with Crippen molar-refractivity contribution in [3.8, 4) is 11.8 Å². The highest BCUT2D eigenvalue weighted by atomic mass is 19.4. The lowest BCUT2D eigenvalue weighted by atomic mass is 10.1. The summed E-state index contributed by atoms with van der Waals surface area (Å²) in [5, 5.41) is 13.6. The molecular weight excluding hydrogens is 399 g/mol. The molecule has 0 unspecified atom stereocenters. The molecule has 9 heteroatoms. The molecule has 30 heavy (non-hydrogen) atoms. The first-order valence-electron chi connectivity index (χ1n) is 8.92. The largest absolute Gasteiger partial charge is 0.488 e. The maximum absolute atomic E-state index is 13.2. The molecule has 2 aromatic carbocycles. The summed E-state index contributed by atoms with van der Waals surface area (Å²) < 4.78 is 51.4. The van der Waals surface area contributed by atoms with Crippen LogP contribution in [-0.2, 0) is 17.5 Å². The van der Waals surface area contributed by atoms with Crippen LogP contribution in [0.25, 0.3) is 10.9 Å². The summed E-state index contributed by atoms with van der Waals surface area (Å²) in [4.78, 5) is 12.2. The number of hydrogen-bond acceptors (Lipinski definition) is 5. The van der Waals surface area contributed by atoms with E-state index >= 15 is 0 Å². The molecular formula is C21H18F3N3O3. The summed E-state index contributed by atoms with van der Waals surface area (Å²) in [5.74, 6) is -0.425. The van der Waals surface area contributed by atoms with Gasteiger partial charge in [0.15, 0.2) is 0 Å². The Balaban J connectivity index is 1.83. The van der Waals surface area contributed by atoms with Crippen LogP contribution in [0.4, 0.5) is 18.0 Å². The fraction of sp³-hybridized carbons (Fsp3) is 0.286. The Kier molecular flexibility index (Phi) is 5.44. The number of nitrogens with zero attached hydrogens (tertiary/aromatic N) is 3. The zero-order valence-corrected chi connectivity index (χ0v) is 16.4. The number of hydrogen-bond donors (Lipinski definition) is 0. The highest BCUT2D eigenvalue weighted by Crippen LogP contribution is 2.37. The van der Waals surface area contributed by atoms with Crippen molar-refractivity contribution >= 4 is 17.0 Å². The molecule has 0 saturated carbocycles. The molecule has 0 atom stereocenters. The van der Waals surface area contributed by atoms with E-state index < -0.39 is 29.2 Å². The summed E-state index contributed by atoms with van der Waals surface area (Å²) in [7, 11) is 0. The van der Waals surface area contributed by atoms with Gasteiger partial charge in [0.05, 0.1) is 28.9 Å². The van der Waals surface area contributed by atoms with Gasteiger partial charge >= 0.3 is 12.3 Å². The second-order valence-corrected chi connectivity index (χ2v) is 7.54. The molecule has 0 fully saturated rings. The first-order valence-corrected chi connectivity index (χ1v) is 8.92. The van der Waals surface area contributed by atoms with E-state index in [1.54, 1.807) is 45.0 Å². The predicted octanol–water partition coefficient (Wildman–Crippen LogP) is 5.29. The third kappa shape index (κ3) is 4.71.